The summed E-state index contributed by atoms with van der Waals surface area (Å²) in [4.78, 5) is 24.3. The number of rotatable bonds is 3. The molecule has 0 aromatic heterocycles. The van der Waals surface area contributed by atoms with Crippen LogP contribution in [0.5, 0.6) is 0 Å². The second-order valence-corrected chi connectivity index (χ2v) is 8.39. The van der Waals surface area contributed by atoms with Gasteiger partial charge in [-0.15, -0.1) is 0 Å². The zero-order chi connectivity index (χ0) is 18.3. The molecule has 3 atom stereocenters. The lowest BCUT2D eigenvalue weighted by Gasteiger charge is -2.43. The summed E-state index contributed by atoms with van der Waals surface area (Å²) >= 11 is 0. The number of hydrogen-bond donors (Lipinski definition) is 3. The van der Waals surface area contributed by atoms with Gasteiger partial charge in [0.1, 0.15) is 0 Å². The van der Waals surface area contributed by atoms with Crippen molar-refractivity contribution in [2.24, 2.45) is 23.5 Å². The molecular formula is C21H29N3O2. The highest BCUT2D eigenvalue weighted by Crippen LogP contribution is 2.42. The summed E-state index contributed by atoms with van der Waals surface area (Å²) < 4.78 is 0. The van der Waals surface area contributed by atoms with Crippen LogP contribution in [-0.2, 0) is 16.0 Å². The number of carbonyl (C=O) groups excluding carboxylic acids is 2. The topological polar surface area (TPSA) is 84.2 Å². The van der Waals surface area contributed by atoms with Gasteiger partial charge < -0.3 is 16.4 Å². The van der Waals surface area contributed by atoms with E-state index in [0.29, 0.717) is 24.3 Å². The van der Waals surface area contributed by atoms with Crippen LogP contribution in [0.15, 0.2) is 18.2 Å². The molecule has 2 amide bonds. The lowest BCUT2D eigenvalue weighted by Crippen LogP contribution is -2.49. The molecule has 140 valence electrons. The number of aryl methyl sites for hydroxylation is 1. The Bertz CT molecular complexity index is 703. The molecule has 1 aromatic rings. The van der Waals surface area contributed by atoms with E-state index in [-0.39, 0.29) is 23.8 Å². The summed E-state index contributed by atoms with van der Waals surface area (Å²) in [5, 5.41) is 6.13. The fourth-order valence-corrected chi connectivity index (χ4v) is 5.09. The zero-order valence-electron chi connectivity index (χ0n) is 15.5. The number of nitrogens with one attached hydrogen (secondary N) is 2. The third-order valence-corrected chi connectivity index (χ3v) is 6.67. The van der Waals surface area contributed by atoms with E-state index in [1.807, 2.05) is 19.1 Å². The van der Waals surface area contributed by atoms with Gasteiger partial charge in [0, 0.05) is 24.1 Å². The minimum atomic E-state index is -0.0270. The summed E-state index contributed by atoms with van der Waals surface area (Å²) in [5.74, 6) is 1.38. The molecule has 5 heteroatoms. The van der Waals surface area contributed by atoms with Gasteiger partial charge in [-0.2, -0.15) is 0 Å². The Morgan fingerprint density at radius 2 is 1.96 bits per heavy atom. The minimum Gasteiger partial charge on any atom is -0.349 e. The first-order chi connectivity index (χ1) is 12.5. The molecule has 4 rings (SSSR count). The molecule has 2 saturated carbocycles. The Labute approximate surface area is 155 Å². The second-order valence-electron chi connectivity index (χ2n) is 8.39. The molecule has 2 aliphatic carbocycles. The lowest BCUT2D eigenvalue weighted by atomic mass is 9.65. The van der Waals surface area contributed by atoms with Crippen LogP contribution in [0, 0.1) is 17.8 Å². The van der Waals surface area contributed by atoms with E-state index in [0.717, 1.165) is 36.1 Å². The predicted octanol–water partition coefficient (Wildman–Crippen LogP) is 2.90. The lowest BCUT2D eigenvalue weighted by molar-refractivity contribution is -0.128. The third kappa shape index (κ3) is 3.37. The number of nitrogens with two attached hydrogens (primary N) is 1. The highest BCUT2D eigenvalue weighted by atomic mass is 16.2. The Kier molecular flexibility index (Phi) is 4.74. The summed E-state index contributed by atoms with van der Waals surface area (Å²) in [7, 11) is 0. The Morgan fingerprint density at radius 3 is 2.69 bits per heavy atom. The molecule has 0 radical (unpaired) electrons. The first-order valence-electron chi connectivity index (χ1n) is 10.00. The molecule has 1 aliphatic heterocycles. The number of amides is 2. The van der Waals surface area contributed by atoms with E-state index in [1.54, 1.807) is 0 Å². The van der Waals surface area contributed by atoms with Crippen molar-refractivity contribution in [3.8, 4) is 0 Å². The number of hydrogen-bond acceptors (Lipinski definition) is 3. The Morgan fingerprint density at radius 1 is 1.23 bits per heavy atom. The van der Waals surface area contributed by atoms with Gasteiger partial charge in [0.25, 0.3) is 0 Å². The molecule has 0 saturated heterocycles. The predicted molar refractivity (Wildman–Crippen MR) is 101 cm³/mol. The van der Waals surface area contributed by atoms with Gasteiger partial charge in [-0.1, -0.05) is 18.6 Å². The molecule has 1 heterocycles. The van der Waals surface area contributed by atoms with Crippen LogP contribution in [0.3, 0.4) is 0 Å². The van der Waals surface area contributed by atoms with Crippen LogP contribution in [0.1, 0.15) is 62.6 Å². The largest absolute Gasteiger partial charge is 0.349 e. The van der Waals surface area contributed by atoms with Crippen LogP contribution in [0.2, 0.25) is 0 Å². The van der Waals surface area contributed by atoms with Crippen LogP contribution in [-0.4, -0.2) is 17.9 Å². The van der Waals surface area contributed by atoms with E-state index in [2.05, 4.69) is 16.7 Å². The summed E-state index contributed by atoms with van der Waals surface area (Å²) in [5.41, 5.74) is 9.50. The molecule has 2 bridgehead atoms. The molecule has 3 unspecified atom stereocenters. The molecule has 3 aliphatic rings. The fourth-order valence-electron chi connectivity index (χ4n) is 5.09. The third-order valence-electron chi connectivity index (χ3n) is 6.67. The van der Waals surface area contributed by atoms with E-state index >= 15 is 0 Å². The van der Waals surface area contributed by atoms with Gasteiger partial charge >= 0.3 is 0 Å². The monoisotopic (exact) mass is 355 g/mol. The van der Waals surface area contributed by atoms with Crippen molar-refractivity contribution in [2.75, 3.05) is 5.32 Å². The average Bonchev–Trinajstić information content (AvgIpc) is 2.60. The van der Waals surface area contributed by atoms with Crippen molar-refractivity contribution in [3.05, 3.63) is 29.3 Å². The normalized spacial score (nSPS) is 31.5. The first-order valence-corrected chi connectivity index (χ1v) is 10.00. The first kappa shape index (κ1) is 17.5. The second kappa shape index (κ2) is 7.03. The van der Waals surface area contributed by atoms with Crippen LogP contribution in [0.4, 0.5) is 5.69 Å². The maximum Gasteiger partial charge on any atom is 0.224 e. The van der Waals surface area contributed by atoms with Gasteiger partial charge in [0.2, 0.25) is 11.8 Å². The van der Waals surface area contributed by atoms with Crippen LogP contribution >= 0.6 is 0 Å². The van der Waals surface area contributed by atoms with Crippen molar-refractivity contribution in [3.63, 3.8) is 0 Å². The van der Waals surface area contributed by atoms with Crippen molar-refractivity contribution >= 4 is 17.5 Å². The van der Waals surface area contributed by atoms with E-state index in [1.165, 1.54) is 19.3 Å². The number of benzene rings is 1. The van der Waals surface area contributed by atoms with Gasteiger partial charge in [0.15, 0.2) is 0 Å². The summed E-state index contributed by atoms with van der Waals surface area (Å²) in [6, 6.07) is 6.34. The molecule has 1 aromatic carbocycles. The van der Waals surface area contributed by atoms with Crippen LogP contribution < -0.4 is 16.4 Å². The highest BCUT2D eigenvalue weighted by Gasteiger charge is 2.40. The Balaban J connectivity index is 1.41. The summed E-state index contributed by atoms with van der Waals surface area (Å²) in [6.45, 7) is 2.04. The molecule has 4 N–H and O–H groups in total. The molecule has 5 nitrogen and oxygen atoms in total. The molecule has 0 spiro atoms. The molecule has 2 fully saturated rings. The highest BCUT2D eigenvalue weighted by molar-refractivity contribution is 5.93. The van der Waals surface area contributed by atoms with Gasteiger partial charge in [-0.25, -0.2) is 0 Å². The molecule has 26 heavy (non-hydrogen) atoms. The van der Waals surface area contributed by atoms with Gasteiger partial charge in [0.05, 0.1) is 6.04 Å². The quantitative estimate of drug-likeness (QED) is 0.779. The van der Waals surface area contributed by atoms with Crippen molar-refractivity contribution in [1.82, 2.24) is 5.32 Å². The average molecular weight is 355 g/mol. The SMILES string of the molecule is CC(NC(=O)C1CC2CCCC(C1)C2N)c1ccc2c(c1)CCC(=O)N2. The standard InChI is InChI=1S/C21H29N3O2/c1-12(13-5-7-18-14(9-13)6-8-19(25)24-18)23-21(26)17-10-15-3-2-4-16(11-17)20(15)22/h5,7,9,12,15-17,20H,2-4,6,8,10-11,22H2,1H3,(H,23,26)(H,24,25). The number of fused-ring (bicyclic) bond motifs is 3. The maximum atomic E-state index is 12.8. The van der Waals surface area contributed by atoms with E-state index in [4.69, 9.17) is 5.73 Å². The summed E-state index contributed by atoms with van der Waals surface area (Å²) in [6.07, 6.45) is 6.78. The van der Waals surface area contributed by atoms with Crippen LogP contribution in [0.25, 0.3) is 0 Å². The molecular weight excluding hydrogens is 326 g/mol. The Hall–Kier alpha value is -1.88. The maximum absolute atomic E-state index is 12.8. The van der Waals surface area contributed by atoms with Gasteiger partial charge in [-0.3, -0.25) is 9.59 Å². The smallest absolute Gasteiger partial charge is 0.224 e. The van der Waals surface area contributed by atoms with Gasteiger partial charge in [-0.05, 0) is 68.1 Å². The number of anilines is 1. The zero-order valence-corrected chi connectivity index (χ0v) is 15.5. The number of carbonyl (C=O) groups is 2. The minimum absolute atomic E-state index is 0.0270. The van der Waals surface area contributed by atoms with Crippen molar-refractivity contribution < 1.29 is 9.59 Å². The van der Waals surface area contributed by atoms with E-state index in [9.17, 15) is 9.59 Å². The van der Waals surface area contributed by atoms with Crippen molar-refractivity contribution in [2.45, 2.75) is 64.0 Å². The fraction of sp³-hybridized carbons (Fsp3) is 0.619. The van der Waals surface area contributed by atoms with E-state index < -0.39 is 0 Å². The van der Waals surface area contributed by atoms with Crippen molar-refractivity contribution in [1.29, 1.82) is 0 Å².